The summed E-state index contributed by atoms with van der Waals surface area (Å²) in [6.07, 6.45) is 4.91. The van der Waals surface area contributed by atoms with Crippen molar-refractivity contribution in [3.8, 4) is 0 Å². The van der Waals surface area contributed by atoms with Gasteiger partial charge in [0.15, 0.2) is 0 Å². The second-order valence-electron chi connectivity index (χ2n) is 6.21. The van der Waals surface area contributed by atoms with Crippen LogP contribution in [0, 0.1) is 0 Å². The number of thioether (sulfide) groups is 1. The molecule has 0 aliphatic rings. The minimum absolute atomic E-state index is 0.0200. The fourth-order valence-electron chi connectivity index (χ4n) is 2.78. The van der Waals surface area contributed by atoms with E-state index >= 15 is 0 Å². The maximum Gasteiger partial charge on any atom is 0.220 e. The minimum atomic E-state index is -0.295. The third-order valence-corrected chi connectivity index (χ3v) is 5.54. The van der Waals surface area contributed by atoms with Crippen molar-refractivity contribution < 1.29 is 4.79 Å². The standard InChI is InChI=1S/C21H22ClN3OS/c1-25-14-13-23-21(25)20(16-9-11-17(22)12-10-16)24-19(26)8-5-15-27-18-6-3-2-4-7-18/h2-4,6-7,9-14,20H,5,8,15H2,1H3,(H,24,26). The van der Waals surface area contributed by atoms with Crippen molar-refractivity contribution in [3.05, 3.63) is 83.4 Å². The number of amides is 1. The summed E-state index contributed by atoms with van der Waals surface area (Å²) < 4.78 is 1.92. The first-order chi connectivity index (χ1) is 13.1. The summed E-state index contributed by atoms with van der Waals surface area (Å²) in [6.45, 7) is 0. The first-order valence-corrected chi connectivity index (χ1v) is 10.2. The van der Waals surface area contributed by atoms with E-state index in [-0.39, 0.29) is 11.9 Å². The van der Waals surface area contributed by atoms with Crippen LogP contribution in [0.2, 0.25) is 5.02 Å². The highest BCUT2D eigenvalue weighted by molar-refractivity contribution is 7.99. The molecule has 0 aliphatic carbocycles. The highest BCUT2D eigenvalue weighted by Gasteiger charge is 2.20. The normalized spacial score (nSPS) is 11.9. The molecule has 1 unspecified atom stereocenters. The highest BCUT2D eigenvalue weighted by Crippen LogP contribution is 2.23. The molecule has 1 aromatic heterocycles. The Bertz CT molecular complexity index is 865. The molecule has 1 amide bonds. The second kappa shape index (κ2) is 9.62. The molecule has 0 spiro atoms. The monoisotopic (exact) mass is 399 g/mol. The van der Waals surface area contributed by atoms with Crippen molar-refractivity contribution in [2.45, 2.75) is 23.8 Å². The topological polar surface area (TPSA) is 46.9 Å². The van der Waals surface area contributed by atoms with E-state index in [0.717, 1.165) is 23.6 Å². The quantitative estimate of drug-likeness (QED) is 0.435. The summed E-state index contributed by atoms with van der Waals surface area (Å²) in [7, 11) is 1.92. The summed E-state index contributed by atoms with van der Waals surface area (Å²) in [5.74, 6) is 1.72. The van der Waals surface area contributed by atoms with E-state index in [1.165, 1.54) is 4.90 Å². The molecule has 140 valence electrons. The maximum atomic E-state index is 12.5. The lowest BCUT2D eigenvalue weighted by Crippen LogP contribution is -2.31. The molecule has 0 aliphatic heterocycles. The van der Waals surface area contributed by atoms with Crippen LogP contribution in [0.5, 0.6) is 0 Å². The Morgan fingerprint density at radius 2 is 1.93 bits per heavy atom. The van der Waals surface area contributed by atoms with Gasteiger partial charge in [0.1, 0.15) is 11.9 Å². The van der Waals surface area contributed by atoms with Crippen molar-refractivity contribution in [2.75, 3.05) is 5.75 Å². The van der Waals surface area contributed by atoms with Gasteiger partial charge in [-0.15, -0.1) is 11.8 Å². The predicted molar refractivity (Wildman–Crippen MR) is 111 cm³/mol. The molecular weight excluding hydrogens is 378 g/mol. The number of hydrogen-bond donors (Lipinski definition) is 1. The molecule has 0 saturated carbocycles. The van der Waals surface area contributed by atoms with Crippen molar-refractivity contribution in [2.24, 2.45) is 7.05 Å². The second-order valence-corrected chi connectivity index (χ2v) is 7.82. The fraction of sp³-hybridized carbons (Fsp3) is 0.238. The van der Waals surface area contributed by atoms with E-state index in [1.54, 1.807) is 18.0 Å². The molecule has 3 rings (SSSR count). The Kier molecular flexibility index (Phi) is 6.96. The molecule has 1 atom stereocenters. The molecular formula is C21H22ClN3OS. The zero-order valence-electron chi connectivity index (χ0n) is 15.1. The molecule has 2 aromatic carbocycles. The molecule has 0 bridgehead atoms. The number of rotatable bonds is 8. The van der Waals surface area contributed by atoms with Gasteiger partial charge in [-0.25, -0.2) is 4.98 Å². The molecule has 4 nitrogen and oxygen atoms in total. The van der Waals surface area contributed by atoms with Gasteiger partial charge in [-0.2, -0.15) is 0 Å². The molecule has 0 radical (unpaired) electrons. The van der Waals surface area contributed by atoms with Crippen LogP contribution in [0.15, 0.2) is 71.9 Å². The van der Waals surface area contributed by atoms with Crippen LogP contribution in [0.3, 0.4) is 0 Å². The summed E-state index contributed by atoms with van der Waals surface area (Å²) in [6, 6.07) is 17.4. The van der Waals surface area contributed by atoms with Crippen molar-refractivity contribution in [1.29, 1.82) is 0 Å². The molecule has 6 heteroatoms. The van der Waals surface area contributed by atoms with E-state index in [0.29, 0.717) is 11.4 Å². The number of hydrogen-bond acceptors (Lipinski definition) is 3. The number of benzene rings is 2. The molecule has 0 fully saturated rings. The van der Waals surface area contributed by atoms with Crippen molar-refractivity contribution >= 4 is 29.3 Å². The Hall–Kier alpha value is -2.24. The molecule has 3 aromatic rings. The van der Waals surface area contributed by atoms with Gasteiger partial charge in [0, 0.05) is 35.8 Å². The zero-order valence-corrected chi connectivity index (χ0v) is 16.7. The lowest BCUT2D eigenvalue weighted by Gasteiger charge is -2.19. The van der Waals surface area contributed by atoms with Gasteiger partial charge in [0.25, 0.3) is 0 Å². The van der Waals surface area contributed by atoms with E-state index in [4.69, 9.17) is 11.6 Å². The van der Waals surface area contributed by atoms with Crippen LogP contribution < -0.4 is 5.32 Å². The Morgan fingerprint density at radius 1 is 1.19 bits per heavy atom. The van der Waals surface area contributed by atoms with Gasteiger partial charge < -0.3 is 9.88 Å². The number of imidazole rings is 1. The van der Waals surface area contributed by atoms with Gasteiger partial charge in [0.05, 0.1) is 0 Å². The van der Waals surface area contributed by atoms with Crippen LogP contribution in [-0.2, 0) is 11.8 Å². The average molecular weight is 400 g/mol. The average Bonchev–Trinajstić information content (AvgIpc) is 3.11. The number of carbonyl (C=O) groups is 1. The van der Waals surface area contributed by atoms with Crippen LogP contribution in [0.25, 0.3) is 0 Å². The number of aryl methyl sites for hydroxylation is 1. The first kappa shape index (κ1) is 19.5. The van der Waals surface area contributed by atoms with Gasteiger partial charge in [0.2, 0.25) is 5.91 Å². The molecule has 1 N–H and O–H groups in total. The van der Waals surface area contributed by atoms with Crippen LogP contribution in [-0.4, -0.2) is 21.2 Å². The van der Waals surface area contributed by atoms with Gasteiger partial charge in [-0.05, 0) is 42.0 Å². The van der Waals surface area contributed by atoms with Crippen LogP contribution >= 0.6 is 23.4 Å². The third-order valence-electron chi connectivity index (χ3n) is 4.19. The zero-order chi connectivity index (χ0) is 19.1. The third kappa shape index (κ3) is 5.62. The summed E-state index contributed by atoms with van der Waals surface area (Å²) in [5.41, 5.74) is 0.959. The van der Waals surface area contributed by atoms with Gasteiger partial charge in [-0.3, -0.25) is 4.79 Å². The lowest BCUT2D eigenvalue weighted by atomic mass is 10.1. The van der Waals surface area contributed by atoms with Crippen molar-refractivity contribution in [1.82, 2.24) is 14.9 Å². The molecule has 1 heterocycles. The highest BCUT2D eigenvalue weighted by atomic mass is 35.5. The van der Waals surface area contributed by atoms with Crippen LogP contribution in [0.1, 0.15) is 30.3 Å². The van der Waals surface area contributed by atoms with Gasteiger partial charge >= 0.3 is 0 Å². The Morgan fingerprint density at radius 3 is 2.59 bits per heavy atom. The van der Waals surface area contributed by atoms with E-state index < -0.39 is 0 Å². The van der Waals surface area contributed by atoms with Crippen LogP contribution in [0.4, 0.5) is 0 Å². The molecule has 0 saturated heterocycles. The number of nitrogens with one attached hydrogen (secondary N) is 1. The first-order valence-electron chi connectivity index (χ1n) is 8.83. The summed E-state index contributed by atoms with van der Waals surface area (Å²) >= 11 is 7.77. The fourth-order valence-corrected chi connectivity index (χ4v) is 3.78. The Balaban J connectivity index is 1.59. The summed E-state index contributed by atoms with van der Waals surface area (Å²) in [5, 5.41) is 3.79. The van der Waals surface area contributed by atoms with E-state index in [1.807, 2.05) is 60.3 Å². The predicted octanol–water partition coefficient (Wildman–Crippen LogP) is 4.85. The SMILES string of the molecule is Cn1ccnc1C(NC(=O)CCCSc1ccccc1)c1ccc(Cl)cc1. The largest absolute Gasteiger partial charge is 0.342 e. The van der Waals surface area contributed by atoms with E-state index in [2.05, 4.69) is 22.4 Å². The molecule has 27 heavy (non-hydrogen) atoms. The Labute approximate surface area is 169 Å². The van der Waals surface area contributed by atoms with Gasteiger partial charge in [-0.1, -0.05) is 41.9 Å². The minimum Gasteiger partial charge on any atom is -0.342 e. The number of halogens is 1. The number of aromatic nitrogens is 2. The number of nitrogens with zero attached hydrogens (tertiary/aromatic N) is 2. The smallest absolute Gasteiger partial charge is 0.220 e. The lowest BCUT2D eigenvalue weighted by molar-refractivity contribution is -0.121. The van der Waals surface area contributed by atoms with E-state index in [9.17, 15) is 4.79 Å². The number of carbonyl (C=O) groups excluding carboxylic acids is 1. The van der Waals surface area contributed by atoms with Crippen molar-refractivity contribution in [3.63, 3.8) is 0 Å². The summed E-state index contributed by atoms with van der Waals surface area (Å²) in [4.78, 5) is 18.2. The maximum absolute atomic E-state index is 12.5.